The van der Waals surface area contributed by atoms with E-state index >= 15 is 0 Å². The fourth-order valence-electron chi connectivity index (χ4n) is 1.82. The van der Waals surface area contributed by atoms with Crippen LogP contribution in [0.2, 0.25) is 0 Å². The largest absolute Gasteiger partial charge is 0.370 e. The van der Waals surface area contributed by atoms with Crippen LogP contribution in [0.5, 0.6) is 0 Å². The molecule has 1 rings (SSSR count). The van der Waals surface area contributed by atoms with Crippen LogP contribution in [0.3, 0.4) is 0 Å². The van der Waals surface area contributed by atoms with Crippen LogP contribution in [0.25, 0.3) is 0 Å². The second-order valence-corrected chi connectivity index (χ2v) is 6.14. The molecular formula is C15H27N3O. The first kappa shape index (κ1) is 16.1. The molecule has 0 spiro atoms. The molecule has 4 heteroatoms. The first-order valence-electron chi connectivity index (χ1n) is 7.01. The van der Waals surface area contributed by atoms with Crippen molar-refractivity contribution in [1.82, 2.24) is 15.3 Å². The molecule has 19 heavy (non-hydrogen) atoms. The Kier molecular flexibility index (Phi) is 5.88. The molecule has 0 aromatic carbocycles. The first-order valence-corrected chi connectivity index (χ1v) is 7.01. The van der Waals surface area contributed by atoms with Gasteiger partial charge in [-0.15, -0.1) is 0 Å². The predicted octanol–water partition coefficient (Wildman–Crippen LogP) is 3.10. The fourth-order valence-corrected chi connectivity index (χ4v) is 1.82. The van der Waals surface area contributed by atoms with Crippen LogP contribution in [-0.4, -0.2) is 22.6 Å². The van der Waals surface area contributed by atoms with E-state index in [0.717, 1.165) is 18.1 Å². The lowest BCUT2D eigenvalue weighted by molar-refractivity contribution is -0.0192. The minimum absolute atomic E-state index is 0.0138. The molecule has 0 aliphatic heterocycles. The van der Waals surface area contributed by atoms with E-state index in [1.54, 1.807) is 0 Å². The number of hydrogen-bond donors (Lipinski definition) is 1. The molecule has 108 valence electrons. The number of ether oxygens (including phenoxy) is 1. The molecule has 0 saturated heterocycles. The summed E-state index contributed by atoms with van der Waals surface area (Å²) in [6.07, 6.45) is 1.74. The molecule has 0 amide bonds. The van der Waals surface area contributed by atoms with Gasteiger partial charge in [0.15, 0.2) is 5.82 Å². The number of nitrogens with zero attached hydrogens (tertiary/aromatic N) is 2. The van der Waals surface area contributed by atoms with Crippen LogP contribution in [0, 0.1) is 5.41 Å². The number of nitrogens with one attached hydrogen (secondary N) is 1. The highest BCUT2D eigenvalue weighted by atomic mass is 16.5. The normalized spacial score (nSPS) is 13.8. The van der Waals surface area contributed by atoms with Gasteiger partial charge in [0.05, 0.1) is 5.69 Å². The van der Waals surface area contributed by atoms with Crippen molar-refractivity contribution in [2.24, 2.45) is 5.41 Å². The summed E-state index contributed by atoms with van der Waals surface area (Å²) >= 11 is 0. The van der Waals surface area contributed by atoms with Crippen molar-refractivity contribution in [2.75, 3.05) is 6.61 Å². The van der Waals surface area contributed by atoms with Crippen LogP contribution in [0.15, 0.2) is 12.3 Å². The molecular weight excluding hydrogens is 238 g/mol. The Labute approximate surface area is 117 Å². The molecule has 1 heterocycles. The summed E-state index contributed by atoms with van der Waals surface area (Å²) in [5, 5.41) is 3.37. The van der Waals surface area contributed by atoms with Gasteiger partial charge in [-0.3, -0.25) is 0 Å². The van der Waals surface area contributed by atoms with E-state index in [4.69, 9.17) is 4.74 Å². The Morgan fingerprint density at radius 2 is 2.00 bits per heavy atom. The van der Waals surface area contributed by atoms with Gasteiger partial charge in [0.2, 0.25) is 0 Å². The van der Waals surface area contributed by atoms with Crippen molar-refractivity contribution >= 4 is 0 Å². The minimum Gasteiger partial charge on any atom is -0.370 e. The second-order valence-electron chi connectivity index (χ2n) is 6.14. The van der Waals surface area contributed by atoms with E-state index in [1.807, 2.05) is 19.2 Å². The summed E-state index contributed by atoms with van der Waals surface area (Å²) in [5.41, 5.74) is 0.993. The molecule has 0 aliphatic carbocycles. The van der Waals surface area contributed by atoms with Crippen molar-refractivity contribution < 1.29 is 4.74 Å². The molecule has 0 aliphatic rings. The van der Waals surface area contributed by atoms with Crippen LogP contribution >= 0.6 is 0 Å². The van der Waals surface area contributed by atoms with Crippen LogP contribution < -0.4 is 5.32 Å². The average molecular weight is 265 g/mol. The number of hydrogen-bond acceptors (Lipinski definition) is 4. The van der Waals surface area contributed by atoms with Gasteiger partial charge in [-0.25, -0.2) is 9.97 Å². The summed E-state index contributed by atoms with van der Waals surface area (Å²) in [7, 11) is 0. The molecule has 0 saturated carbocycles. The Morgan fingerprint density at radius 3 is 2.53 bits per heavy atom. The highest BCUT2D eigenvalue weighted by molar-refractivity contribution is 5.06. The Balaban J connectivity index is 2.89. The standard InChI is InChI=1S/C15H27N3O/c1-7-19-13(15(4,5)6)14-16-9-8-12(18-14)10-17-11(2)3/h8-9,11,13,17H,7,10H2,1-6H3. The van der Waals surface area contributed by atoms with Gasteiger partial charge >= 0.3 is 0 Å². The Bertz CT molecular complexity index is 385. The van der Waals surface area contributed by atoms with Gasteiger partial charge in [0, 0.05) is 25.4 Å². The second kappa shape index (κ2) is 6.96. The van der Waals surface area contributed by atoms with Gasteiger partial charge in [0.25, 0.3) is 0 Å². The molecule has 1 aromatic rings. The van der Waals surface area contributed by atoms with E-state index in [-0.39, 0.29) is 11.5 Å². The van der Waals surface area contributed by atoms with Crippen molar-refractivity contribution in [1.29, 1.82) is 0 Å². The highest BCUT2D eigenvalue weighted by Gasteiger charge is 2.29. The molecule has 1 atom stereocenters. The minimum atomic E-state index is -0.0727. The van der Waals surface area contributed by atoms with Crippen LogP contribution in [0.1, 0.15) is 59.2 Å². The predicted molar refractivity (Wildman–Crippen MR) is 77.8 cm³/mol. The summed E-state index contributed by atoms with van der Waals surface area (Å²) in [5.74, 6) is 0.775. The smallest absolute Gasteiger partial charge is 0.157 e. The lowest BCUT2D eigenvalue weighted by Crippen LogP contribution is -2.26. The topological polar surface area (TPSA) is 47.0 Å². The van der Waals surface area contributed by atoms with E-state index < -0.39 is 0 Å². The van der Waals surface area contributed by atoms with Crippen molar-refractivity contribution in [2.45, 2.75) is 60.2 Å². The Morgan fingerprint density at radius 1 is 1.32 bits per heavy atom. The fraction of sp³-hybridized carbons (Fsp3) is 0.733. The maximum Gasteiger partial charge on any atom is 0.157 e. The molecule has 0 fully saturated rings. The van der Waals surface area contributed by atoms with E-state index in [2.05, 4.69) is 49.9 Å². The zero-order valence-corrected chi connectivity index (χ0v) is 13.0. The quantitative estimate of drug-likeness (QED) is 0.858. The highest BCUT2D eigenvalue weighted by Crippen LogP contribution is 2.33. The molecule has 0 radical (unpaired) electrons. The molecule has 1 N–H and O–H groups in total. The summed E-state index contributed by atoms with van der Waals surface area (Å²) in [6, 6.07) is 2.40. The average Bonchev–Trinajstić information content (AvgIpc) is 2.32. The third kappa shape index (κ3) is 5.25. The number of aromatic nitrogens is 2. The molecule has 1 aromatic heterocycles. The van der Waals surface area contributed by atoms with Crippen LogP contribution in [-0.2, 0) is 11.3 Å². The SMILES string of the molecule is CCOC(c1nccc(CNC(C)C)n1)C(C)(C)C. The summed E-state index contributed by atoms with van der Waals surface area (Å²) in [4.78, 5) is 9.02. The van der Waals surface area contributed by atoms with Gasteiger partial charge < -0.3 is 10.1 Å². The van der Waals surface area contributed by atoms with Crippen molar-refractivity contribution in [3.63, 3.8) is 0 Å². The Hall–Kier alpha value is -1.00. The molecule has 0 bridgehead atoms. The molecule has 1 unspecified atom stereocenters. The number of rotatable bonds is 6. The van der Waals surface area contributed by atoms with Gasteiger partial charge in [-0.05, 0) is 18.4 Å². The maximum atomic E-state index is 5.83. The third-order valence-electron chi connectivity index (χ3n) is 2.78. The van der Waals surface area contributed by atoms with E-state index in [9.17, 15) is 0 Å². The zero-order valence-electron chi connectivity index (χ0n) is 13.0. The van der Waals surface area contributed by atoms with Crippen molar-refractivity contribution in [3.8, 4) is 0 Å². The lowest BCUT2D eigenvalue weighted by Gasteiger charge is -2.29. The maximum absolute atomic E-state index is 5.83. The third-order valence-corrected chi connectivity index (χ3v) is 2.78. The summed E-state index contributed by atoms with van der Waals surface area (Å²) in [6.45, 7) is 14.1. The van der Waals surface area contributed by atoms with Gasteiger partial charge in [0.1, 0.15) is 6.10 Å². The monoisotopic (exact) mass is 265 g/mol. The molecule has 4 nitrogen and oxygen atoms in total. The summed E-state index contributed by atoms with van der Waals surface area (Å²) < 4.78 is 5.83. The van der Waals surface area contributed by atoms with Crippen LogP contribution in [0.4, 0.5) is 0 Å². The van der Waals surface area contributed by atoms with E-state index in [1.165, 1.54) is 0 Å². The van der Waals surface area contributed by atoms with Gasteiger partial charge in [-0.2, -0.15) is 0 Å². The first-order chi connectivity index (χ1) is 8.84. The lowest BCUT2D eigenvalue weighted by atomic mass is 9.88. The van der Waals surface area contributed by atoms with Crippen molar-refractivity contribution in [3.05, 3.63) is 23.8 Å². The van der Waals surface area contributed by atoms with Gasteiger partial charge in [-0.1, -0.05) is 34.6 Å². The zero-order chi connectivity index (χ0) is 14.5. The van der Waals surface area contributed by atoms with E-state index in [0.29, 0.717) is 12.6 Å².